The van der Waals surface area contributed by atoms with E-state index in [4.69, 9.17) is 5.73 Å². The summed E-state index contributed by atoms with van der Waals surface area (Å²) in [6.45, 7) is 0.820. The van der Waals surface area contributed by atoms with Crippen LogP contribution < -0.4 is 5.73 Å². The number of rotatable bonds is 2. The van der Waals surface area contributed by atoms with Gasteiger partial charge >= 0.3 is 0 Å². The molecule has 0 saturated carbocycles. The molecule has 1 amide bonds. The van der Waals surface area contributed by atoms with E-state index in [2.05, 4.69) is 15.0 Å². The maximum Gasteiger partial charge on any atom is 0.221 e. The van der Waals surface area contributed by atoms with Gasteiger partial charge in [-0.3, -0.25) is 9.36 Å². The number of nitrogens with zero attached hydrogens (tertiary/aromatic N) is 5. The highest BCUT2D eigenvalue weighted by Gasteiger charge is 2.50. The van der Waals surface area contributed by atoms with Crippen LogP contribution in [-0.4, -0.2) is 70.5 Å². The number of fused-ring (bicyclic) bond motifs is 1. The van der Waals surface area contributed by atoms with Crippen LogP contribution in [0.15, 0.2) is 12.7 Å². The van der Waals surface area contributed by atoms with Crippen molar-refractivity contribution >= 4 is 22.9 Å². The van der Waals surface area contributed by atoms with Crippen LogP contribution in [-0.2, 0) is 4.79 Å². The van der Waals surface area contributed by atoms with Gasteiger partial charge in [0, 0.05) is 6.92 Å². The van der Waals surface area contributed by atoms with E-state index in [1.165, 1.54) is 29.0 Å². The Kier molecular flexibility index (Phi) is 3.43. The summed E-state index contributed by atoms with van der Waals surface area (Å²) in [5, 5.41) is 29.8. The van der Waals surface area contributed by atoms with E-state index < -0.39 is 36.9 Å². The van der Waals surface area contributed by atoms with Crippen LogP contribution in [0.4, 0.5) is 5.82 Å². The fourth-order valence-electron chi connectivity index (χ4n) is 2.91. The van der Waals surface area contributed by atoms with Gasteiger partial charge in [0.25, 0.3) is 0 Å². The molecule has 3 rings (SSSR count). The van der Waals surface area contributed by atoms with Gasteiger partial charge in [0.2, 0.25) is 5.91 Å². The lowest BCUT2D eigenvalue weighted by molar-refractivity contribution is -0.135. The first kappa shape index (κ1) is 14.6. The molecule has 22 heavy (non-hydrogen) atoms. The molecule has 118 valence electrons. The van der Waals surface area contributed by atoms with Crippen molar-refractivity contribution in [1.29, 1.82) is 0 Å². The number of aliphatic hydroxyl groups is 3. The Bertz CT molecular complexity index is 719. The zero-order valence-corrected chi connectivity index (χ0v) is 11.7. The van der Waals surface area contributed by atoms with Crippen LogP contribution in [0.1, 0.15) is 13.1 Å². The maximum absolute atomic E-state index is 11.9. The number of carbonyl (C=O) groups is 1. The fourth-order valence-corrected chi connectivity index (χ4v) is 2.91. The summed E-state index contributed by atoms with van der Waals surface area (Å²) < 4.78 is 1.44. The van der Waals surface area contributed by atoms with Gasteiger partial charge in [-0.05, 0) is 0 Å². The SMILES string of the molecule is CC(=O)N1[C@H](CO)[C@@H](O)[C@@H](O)[C@@H]1n1cnc2c(N)ncnc21. The van der Waals surface area contributed by atoms with Crippen molar-refractivity contribution in [3.05, 3.63) is 12.7 Å². The number of carbonyl (C=O) groups excluding carboxylic acids is 1. The normalized spacial score (nSPS) is 28.5. The summed E-state index contributed by atoms with van der Waals surface area (Å²) >= 11 is 0. The molecule has 0 aliphatic carbocycles. The van der Waals surface area contributed by atoms with Gasteiger partial charge in [0.05, 0.1) is 19.0 Å². The summed E-state index contributed by atoms with van der Waals surface area (Å²) in [7, 11) is 0. The van der Waals surface area contributed by atoms with E-state index >= 15 is 0 Å². The lowest BCUT2D eigenvalue weighted by Crippen LogP contribution is -2.42. The Hall–Kier alpha value is -2.30. The molecule has 0 aromatic carbocycles. The van der Waals surface area contributed by atoms with Crippen molar-refractivity contribution < 1.29 is 20.1 Å². The van der Waals surface area contributed by atoms with Crippen molar-refractivity contribution in [3.8, 4) is 0 Å². The molecule has 5 N–H and O–H groups in total. The third-order valence-electron chi connectivity index (χ3n) is 3.91. The monoisotopic (exact) mass is 308 g/mol. The van der Waals surface area contributed by atoms with Gasteiger partial charge in [-0.2, -0.15) is 0 Å². The van der Waals surface area contributed by atoms with E-state index in [0.29, 0.717) is 11.2 Å². The number of nitrogen functional groups attached to an aromatic ring is 1. The average molecular weight is 308 g/mol. The summed E-state index contributed by atoms with van der Waals surface area (Å²) in [6, 6.07) is -0.908. The van der Waals surface area contributed by atoms with Crippen molar-refractivity contribution in [2.75, 3.05) is 12.3 Å². The van der Waals surface area contributed by atoms with Gasteiger partial charge in [-0.25, -0.2) is 15.0 Å². The molecule has 1 saturated heterocycles. The molecule has 2 aromatic rings. The largest absolute Gasteiger partial charge is 0.394 e. The van der Waals surface area contributed by atoms with Crippen molar-refractivity contribution in [3.63, 3.8) is 0 Å². The molecule has 4 atom stereocenters. The van der Waals surface area contributed by atoms with Crippen molar-refractivity contribution in [1.82, 2.24) is 24.4 Å². The van der Waals surface area contributed by atoms with Crippen LogP contribution >= 0.6 is 0 Å². The summed E-state index contributed by atoms with van der Waals surface area (Å²) in [4.78, 5) is 25.1. The Balaban J connectivity index is 2.15. The number of anilines is 1. The second-order valence-electron chi connectivity index (χ2n) is 5.15. The number of aromatic nitrogens is 4. The molecule has 0 spiro atoms. The highest BCUT2D eigenvalue weighted by atomic mass is 16.3. The Morgan fingerprint density at radius 3 is 2.68 bits per heavy atom. The van der Waals surface area contributed by atoms with Crippen LogP contribution in [0.25, 0.3) is 11.2 Å². The number of imidazole rings is 1. The second kappa shape index (κ2) is 5.16. The number of amides is 1. The molecular formula is C12H16N6O4. The Labute approximate surface area is 124 Å². The molecule has 1 fully saturated rings. The standard InChI is InChI=1S/C12H16N6O4/c1-5(20)18-6(2-19)8(21)9(22)12(18)17-4-16-7-10(13)14-3-15-11(7)17/h3-4,6,8-9,12,19,21-22H,2H2,1H3,(H2,13,14,15)/t6-,8-,9-,12-/m1/s1. The summed E-state index contributed by atoms with van der Waals surface area (Å²) in [6.07, 6.45) is -0.907. The third kappa shape index (κ3) is 1.92. The van der Waals surface area contributed by atoms with Gasteiger partial charge in [-0.1, -0.05) is 0 Å². The van der Waals surface area contributed by atoms with Gasteiger partial charge in [0.1, 0.15) is 30.2 Å². The van der Waals surface area contributed by atoms with Crippen molar-refractivity contribution in [2.24, 2.45) is 0 Å². The lowest BCUT2D eigenvalue weighted by Gasteiger charge is -2.29. The zero-order valence-electron chi connectivity index (χ0n) is 11.7. The third-order valence-corrected chi connectivity index (χ3v) is 3.91. The second-order valence-corrected chi connectivity index (χ2v) is 5.15. The van der Waals surface area contributed by atoms with E-state index in [0.717, 1.165) is 0 Å². The highest BCUT2D eigenvalue weighted by molar-refractivity contribution is 5.81. The number of hydrogen-bond donors (Lipinski definition) is 4. The molecule has 10 nitrogen and oxygen atoms in total. The topological polar surface area (TPSA) is 151 Å². The molecule has 2 aromatic heterocycles. The number of aliphatic hydroxyl groups excluding tert-OH is 3. The first-order valence-corrected chi connectivity index (χ1v) is 6.66. The molecule has 1 aliphatic rings. The summed E-state index contributed by atoms with van der Waals surface area (Å²) in [5.41, 5.74) is 6.38. The molecule has 0 radical (unpaired) electrons. The van der Waals surface area contributed by atoms with E-state index in [1.807, 2.05) is 0 Å². The molecular weight excluding hydrogens is 292 g/mol. The Morgan fingerprint density at radius 2 is 2.05 bits per heavy atom. The average Bonchev–Trinajstić information content (AvgIpc) is 3.00. The molecule has 0 unspecified atom stereocenters. The first-order valence-electron chi connectivity index (χ1n) is 6.66. The molecule has 0 bridgehead atoms. The number of hydrogen-bond acceptors (Lipinski definition) is 8. The minimum absolute atomic E-state index is 0.171. The summed E-state index contributed by atoms with van der Waals surface area (Å²) in [5.74, 6) is -0.228. The molecule has 10 heteroatoms. The van der Waals surface area contributed by atoms with Crippen LogP contribution in [0.3, 0.4) is 0 Å². The first-order chi connectivity index (χ1) is 10.5. The Morgan fingerprint density at radius 1 is 1.32 bits per heavy atom. The van der Waals surface area contributed by atoms with E-state index in [-0.39, 0.29) is 5.82 Å². The van der Waals surface area contributed by atoms with E-state index in [9.17, 15) is 20.1 Å². The van der Waals surface area contributed by atoms with Crippen LogP contribution in [0.2, 0.25) is 0 Å². The minimum Gasteiger partial charge on any atom is -0.394 e. The minimum atomic E-state index is -1.30. The predicted molar refractivity (Wildman–Crippen MR) is 74.2 cm³/mol. The van der Waals surface area contributed by atoms with Gasteiger partial charge in [-0.15, -0.1) is 0 Å². The van der Waals surface area contributed by atoms with Crippen LogP contribution in [0.5, 0.6) is 0 Å². The smallest absolute Gasteiger partial charge is 0.221 e. The van der Waals surface area contributed by atoms with Gasteiger partial charge < -0.3 is 26.0 Å². The number of likely N-dealkylation sites (tertiary alicyclic amines) is 1. The quantitative estimate of drug-likeness (QED) is 0.490. The van der Waals surface area contributed by atoms with Gasteiger partial charge in [0.15, 0.2) is 11.5 Å². The molecule has 3 heterocycles. The fraction of sp³-hybridized carbons (Fsp3) is 0.500. The number of nitrogens with two attached hydrogens (primary N) is 1. The highest BCUT2D eigenvalue weighted by Crippen LogP contribution is 2.34. The maximum atomic E-state index is 11.9. The van der Waals surface area contributed by atoms with E-state index in [1.54, 1.807) is 0 Å². The van der Waals surface area contributed by atoms with Crippen LogP contribution in [0, 0.1) is 0 Å². The lowest BCUT2D eigenvalue weighted by atomic mass is 10.1. The predicted octanol–water partition coefficient (Wildman–Crippen LogP) is -2.15. The molecule has 1 aliphatic heterocycles. The van der Waals surface area contributed by atoms with Crippen molar-refractivity contribution in [2.45, 2.75) is 31.3 Å². The zero-order chi connectivity index (χ0) is 16.0.